The van der Waals surface area contributed by atoms with Gasteiger partial charge in [0.05, 0.1) is 11.4 Å². The summed E-state index contributed by atoms with van der Waals surface area (Å²) in [5, 5.41) is 4.60. The van der Waals surface area contributed by atoms with E-state index in [1.807, 2.05) is 54.9 Å². The van der Waals surface area contributed by atoms with Crippen molar-refractivity contribution < 1.29 is 14.3 Å². The van der Waals surface area contributed by atoms with Gasteiger partial charge in [0.1, 0.15) is 0 Å². The van der Waals surface area contributed by atoms with E-state index in [0.717, 1.165) is 22.6 Å². The summed E-state index contributed by atoms with van der Waals surface area (Å²) in [6.07, 6.45) is 3.40. The van der Waals surface area contributed by atoms with Crippen molar-refractivity contribution in [3.63, 3.8) is 0 Å². The van der Waals surface area contributed by atoms with Crippen LogP contribution in [-0.2, 0) is 0 Å². The molecule has 0 N–H and O–H groups in total. The van der Waals surface area contributed by atoms with Crippen LogP contribution < -0.4 is 9.47 Å². The third-order valence-electron chi connectivity index (χ3n) is 4.41. The lowest BCUT2D eigenvalue weighted by Gasteiger charge is -2.03. The van der Waals surface area contributed by atoms with E-state index in [1.54, 1.807) is 24.3 Å². The van der Waals surface area contributed by atoms with E-state index in [-0.39, 0.29) is 12.6 Å². The van der Waals surface area contributed by atoms with Crippen molar-refractivity contribution in [2.24, 2.45) is 0 Å². The van der Waals surface area contributed by atoms with Crippen LogP contribution in [0.25, 0.3) is 11.8 Å². The molecule has 2 aromatic carbocycles. The van der Waals surface area contributed by atoms with Crippen molar-refractivity contribution in [2.45, 2.75) is 13.8 Å². The Hall–Kier alpha value is -3.34. The van der Waals surface area contributed by atoms with Gasteiger partial charge in [0.2, 0.25) is 6.79 Å². The zero-order valence-corrected chi connectivity index (χ0v) is 14.6. The summed E-state index contributed by atoms with van der Waals surface area (Å²) in [5.41, 5.74) is 4.37. The summed E-state index contributed by atoms with van der Waals surface area (Å²) >= 11 is 0. The topological polar surface area (TPSA) is 53.4 Å². The summed E-state index contributed by atoms with van der Waals surface area (Å²) in [5.74, 6) is 1.18. The molecule has 0 unspecified atom stereocenters. The molecule has 1 aliphatic rings. The van der Waals surface area contributed by atoms with Gasteiger partial charge in [0.15, 0.2) is 17.3 Å². The van der Waals surface area contributed by atoms with Crippen molar-refractivity contribution in [1.82, 2.24) is 9.78 Å². The van der Waals surface area contributed by atoms with E-state index in [4.69, 9.17) is 9.47 Å². The lowest BCUT2D eigenvalue weighted by molar-refractivity contribution is 0.104. The van der Waals surface area contributed by atoms with Crippen LogP contribution in [-0.4, -0.2) is 22.4 Å². The van der Waals surface area contributed by atoms with Gasteiger partial charge in [-0.15, -0.1) is 0 Å². The van der Waals surface area contributed by atoms with Gasteiger partial charge in [-0.05, 0) is 56.3 Å². The van der Waals surface area contributed by atoms with E-state index in [0.29, 0.717) is 17.1 Å². The lowest BCUT2D eigenvalue weighted by atomic mass is 10.1. The van der Waals surface area contributed by atoms with Crippen LogP contribution >= 0.6 is 0 Å². The van der Waals surface area contributed by atoms with Crippen LogP contribution in [0.5, 0.6) is 11.5 Å². The highest BCUT2D eigenvalue weighted by molar-refractivity contribution is 6.07. The first kappa shape index (κ1) is 16.1. The molecule has 1 aromatic heterocycles. The molecule has 0 bridgehead atoms. The molecule has 0 saturated heterocycles. The molecule has 3 aromatic rings. The number of hydrogen-bond donors (Lipinski definition) is 0. The third kappa shape index (κ3) is 2.88. The van der Waals surface area contributed by atoms with E-state index in [1.165, 1.54) is 0 Å². The summed E-state index contributed by atoms with van der Waals surface area (Å²) in [4.78, 5) is 12.5. The summed E-state index contributed by atoms with van der Waals surface area (Å²) in [7, 11) is 0. The van der Waals surface area contributed by atoms with Crippen molar-refractivity contribution in [3.05, 3.63) is 77.1 Å². The number of hydrogen-bond acceptors (Lipinski definition) is 4. The normalized spacial score (nSPS) is 12.7. The van der Waals surface area contributed by atoms with Crippen molar-refractivity contribution in [3.8, 4) is 17.2 Å². The number of rotatable bonds is 4. The second kappa shape index (κ2) is 6.52. The number of ketones is 1. The maximum absolute atomic E-state index is 12.5. The van der Waals surface area contributed by atoms with Gasteiger partial charge in [-0.2, -0.15) is 5.10 Å². The molecule has 4 rings (SSSR count). The van der Waals surface area contributed by atoms with Crippen molar-refractivity contribution in [2.75, 3.05) is 6.79 Å². The first-order valence-corrected chi connectivity index (χ1v) is 8.37. The maximum atomic E-state index is 12.5. The van der Waals surface area contributed by atoms with E-state index in [9.17, 15) is 4.79 Å². The molecule has 0 aliphatic carbocycles. The summed E-state index contributed by atoms with van der Waals surface area (Å²) in [6.45, 7) is 4.13. The highest BCUT2D eigenvalue weighted by Gasteiger charge is 2.16. The number of aryl methyl sites for hydroxylation is 1. The zero-order valence-electron chi connectivity index (χ0n) is 14.6. The van der Waals surface area contributed by atoms with Gasteiger partial charge in [-0.3, -0.25) is 4.79 Å². The van der Waals surface area contributed by atoms with Gasteiger partial charge < -0.3 is 9.47 Å². The largest absolute Gasteiger partial charge is 0.454 e. The fourth-order valence-electron chi connectivity index (χ4n) is 3.02. The number of ether oxygens (including phenoxy) is 2. The molecule has 0 amide bonds. The summed E-state index contributed by atoms with van der Waals surface area (Å²) < 4.78 is 12.5. The predicted molar refractivity (Wildman–Crippen MR) is 99.0 cm³/mol. The van der Waals surface area contributed by atoms with Crippen LogP contribution in [0.3, 0.4) is 0 Å². The second-order valence-corrected chi connectivity index (χ2v) is 6.10. The van der Waals surface area contributed by atoms with Crippen LogP contribution in [0.1, 0.15) is 27.3 Å². The molecule has 0 fully saturated rings. The molecular formula is C21H18N2O3. The Morgan fingerprint density at radius 2 is 1.85 bits per heavy atom. The van der Waals surface area contributed by atoms with E-state index >= 15 is 0 Å². The number of allylic oxidation sites excluding steroid dienone is 1. The monoisotopic (exact) mass is 346 g/mol. The molecule has 1 aliphatic heterocycles. The van der Waals surface area contributed by atoms with Crippen LogP contribution in [0, 0.1) is 13.8 Å². The molecule has 130 valence electrons. The Kier molecular flexibility index (Phi) is 4.05. The lowest BCUT2D eigenvalue weighted by Crippen LogP contribution is -1.98. The van der Waals surface area contributed by atoms with Gasteiger partial charge >= 0.3 is 0 Å². The predicted octanol–water partition coefficient (Wildman–Crippen LogP) is 4.11. The minimum absolute atomic E-state index is 0.0884. The van der Waals surface area contributed by atoms with Crippen molar-refractivity contribution in [1.29, 1.82) is 0 Å². The van der Waals surface area contributed by atoms with Crippen molar-refractivity contribution >= 4 is 11.9 Å². The Balaban J connectivity index is 1.61. The Labute approximate surface area is 151 Å². The molecule has 26 heavy (non-hydrogen) atoms. The van der Waals surface area contributed by atoms with Gasteiger partial charge in [-0.25, -0.2) is 4.68 Å². The van der Waals surface area contributed by atoms with Gasteiger partial charge in [-0.1, -0.05) is 18.2 Å². The molecule has 5 heteroatoms. The molecule has 5 nitrogen and oxygen atoms in total. The fourth-order valence-corrected chi connectivity index (χ4v) is 3.02. The van der Waals surface area contributed by atoms with Crippen LogP contribution in [0.2, 0.25) is 0 Å². The number of carbonyl (C=O) groups is 1. The first-order chi connectivity index (χ1) is 12.6. The Morgan fingerprint density at radius 3 is 2.65 bits per heavy atom. The smallest absolute Gasteiger partial charge is 0.231 e. The van der Waals surface area contributed by atoms with E-state index < -0.39 is 0 Å². The molecule has 0 radical (unpaired) electrons. The van der Waals surface area contributed by atoms with E-state index in [2.05, 4.69) is 5.10 Å². The summed E-state index contributed by atoms with van der Waals surface area (Å²) in [6, 6.07) is 15.1. The zero-order chi connectivity index (χ0) is 18.1. The van der Waals surface area contributed by atoms with Crippen LogP contribution in [0.15, 0.2) is 54.6 Å². The number of nitrogens with zero attached hydrogens (tertiary/aromatic N) is 2. The molecular weight excluding hydrogens is 328 g/mol. The molecule has 0 spiro atoms. The quantitative estimate of drug-likeness (QED) is 0.527. The molecule has 2 heterocycles. The maximum Gasteiger partial charge on any atom is 0.231 e. The highest BCUT2D eigenvalue weighted by atomic mass is 16.7. The fraction of sp³-hybridized carbons (Fsp3) is 0.143. The number of aromatic nitrogens is 2. The highest BCUT2D eigenvalue weighted by Crippen LogP contribution is 2.32. The minimum Gasteiger partial charge on any atom is -0.454 e. The van der Waals surface area contributed by atoms with Gasteiger partial charge in [0, 0.05) is 16.8 Å². The third-order valence-corrected chi connectivity index (χ3v) is 4.41. The SMILES string of the molecule is Cc1nn(-c2ccccc2)c(C)c1/C=C/C(=O)c1ccc2c(c1)OCO2. The second-order valence-electron chi connectivity index (χ2n) is 6.10. The van der Waals surface area contributed by atoms with Crippen LogP contribution in [0.4, 0.5) is 0 Å². The minimum atomic E-state index is -0.0884. The average Bonchev–Trinajstić information content (AvgIpc) is 3.24. The average molecular weight is 346 g/mol. The Bertz CT molecular complexity index is 1000. The standard InChI is InChI=1S/C21H18N2O3/c1-14-18(15(2)23(22-14)17-6-4-3-5-7-17)9-10-19(24)16-8-11-20-21(12-16)26-13-25-20/h3-12H,13H2,1-2H3/b10-9+. The number of carbonyl (C=O) groups excluding carboxylic acids is 1. The first-order valence-electron chi connectivity index (χ1n) is 8.37. The number of fused-ring (bicyclic) bond motifs is 1. The Morgan fingerprint density at radius 1 is 1.08 bits per heavy atom. The number of para-hydroxylation sites is 1. The molecule has 0 saturated carbocycles. The van der Waals surface area contributed by atoms with Gasteiger partial charge in [0.25, 0.3) is 0 Å². The molecule has 0 atom stereocenters. The number of benzene rings is 2.